The van der Waals surface area contributed by atoms with Gasteiger partial charge in [-0.25, -0.2) is 0 Å². The van der Waals surface area contributed by atoms with Crippen LogP contribution in [0.15, 0.2) is 84.9 Å². The van der Waals surface area contributed by atoms with Crippen molar-refractivity contribution in [2.75, 3.05) is 11.9 Å². The van der Waals surface area contributed by atoms with E-state index < -0.39 is 0 Å². The molecule has 3 aromatic carbocycles. The van der Waals surface area contributed by atoms with Gasteiger partial charge in [0.25, 0.3) is 0 Å². The van der Waals surface area contributed by atoms with E-state index in [0.29, 0.717) is 28.6 Å². The number of rotatable bonds is 7. The molecule has 0 aliphatic carbocycles. The van der Waals surface area contributed by atoms with Crippen molar-refractivity contribution in [2.24, 2.45) is 0 Å². The molecule has 4 aromatic rings. The number of nitrogens with zero attached hydrogens (tertiary/aromatic N) is 2. The fourth-order valence-corrected chi connectivity index (χ4v) is 4.04. The summed E-state index contributed by atoms with van der Waals surface area (Å²) in [5.41, 5.74) is 6.26. The van der Waals surface area contributed by atoms with Gasteiger partial charge >= 0.3 is 0 Å². The van der Waals surface area contributed by atoms with E-state index in [1.165, 1.54) is 0 Å². The molecule has 0 saturated carbocycles. The summed E-state index contributed by atoms with van der Waals surface area (Å²) in [6, 6.07) is 27.3. The molecule has 0 atom stereocenters. The van der Waals surface area contributed by atoms with Crippen LogP contribution < -0.4 is 5.32 Å². The maximum Gasteiger partial charge on any atom is 0.230 e. The second kappa shape index (κ2) is 10.8. The first kappa shape index (κ1) is 23.3. The smallest absolute Gasteiger partial charge is 0.230 e. The largest absolute Gasteiger partial charge is 0.483 e. The van der Waals surface area contributed by atoms with Crippen molar-refractivity contribution in [1.29, 1.82) is 0 Å². The highest BCUT2D eigenvalue weighted by molar-refractivity contribution is 7.80. The molecule has 0 bridgehead atoms. The molecule has 0 radical (unpaired) electrons. The molecule has 34 heavy (non-hydrogen) atoms. The van der Waals surface area contributed by atoms with Gasteiger partial charge in [0.2, 0.25) is 5.91 Å². The molecule has 0 saturated heterocycles. The minimum absolute atomic E-state index is 0.0122. The molecule has 170 valence electrons. The quantitative estimate of drug-likeness (QED) is 0.337. The molecule has 1 N–H and O–H groups in total. The molecule has 4 rings (SSSR count). The summed E-state index contributed by atoms with van der Waals surface area (Å²) in [6.45, 7) is 4.29. The predicted octanol–water partition coefficient (Wildman–Crippen LogP) is 6.01. The third-order valence-corrected chi connectivity index (χ3v) is 5.62. The zero-order valence-corrected chi connectivity index (χ0v) is 19.9. The lowest BCUT2D eigenvalue weighted by Crippen LogP contribution is -2.20. The Balaban J connectivity index is 1.82. The Morgan fingerprint density at radius 1 is 0.882 bits per heavy atom. The van der Waals surface area contributed by atoms with Gasteiger partial charge in [0, 0.05) is 16.8 Å². The van der Waals surface area contributed by atoms with E-state index in [0.717, 1.165) is 27.9 Å². The number of anilines is 1. The fourth-order valence-electron chi connectivity index (χ4n) is 3.70. The first-order valence-corrected chi connectivity index (χ1v) is 11.5. The average Bonchev–Trinajstić information content (AvgIpc) is 2.86. The monoisotopic (exact) mass is 467 g/mol. The van der Waals surface area contributed by atoms with E-state index in [1.54, 1.807) is 0 Å². The first-order valence-electron chi connectivity index (χ1n) is 11.1. The van der Waals surface area contributed by atoms with E-state index in [2.05, 4.69) is 15.5 Å². The summed E-state index contributed by atoms with van der Waals surface area (Å²) in [4.78, 5) is 12.9. The Labute approximate surface area is 204 Å². The fraction of sp³-hybridized carbons (Fsp3) is 0.143. The lowest BCUT2D eigenvalue weighted by molar-refractivity contribution is -0.115. The molecule has 5 nitrogen and oxygen atoms in total. The molecular weight excluding hydrogens is 442 g/mol. The summed E-state index contributed by atoms with van der Waals surface area (Å²) in [5.74, 6) is -0.204. The summed E-state index contributed by atoms with van der Waals surface area (Å²) in [5, 5.41) is 12.2. The number of nitrogens with one attached hydrogen (secondary N) is 1. The maximum atomic E-state index is 12.9. The lowest BCUT2D eigenvalue weighted by atomic mass is 9.93. The SMILES string of the molecule is CCOC(=S)c1c(CC(=O)Nc2ccc(C)cc2)nnc(-c2ccccc2)c1-c1ccccc1. The minimum atomic E-state index is -0.204. The van der Waals surface area contributed by atoms with Crippen LogP contribution in [-0.4, -0.2) is 27.8 Å². The number of amides is 1. The molecule has 1 amide bonds. The molecule has 0 spiro atoms. The molecule has 1 aromatic heterocycles. The summed E-state index contributed by atoms with van der Waals surface area (Å²) in [7, 11) is 0. The number of aromatic nitrogens is 2. The van der Waals surface area contributed by atoms with Gasteiger partial charge in [-0.2, -0.15) is 5.10 Å². The highest BCUT2D eigenvalue weighted by Crippen LogP contribution is 2.35. The van der Waals surface area contributed by atoms with E-state index >= 15 is 0 Å². The van der Waals surface area contributed by atoms with Crippen molar-refractivity contribution >= 4 is 28.9 Å². The number of hydrogen-bond donors (Lipinski definition) is 1. The maximum absolute atomic E-state index is 12.9. The predicted molar refractivity (Wildman–Crippen MR) is 140 cm³/mol. The van der Waals surface area contributed by atoms with Crippen molar-refractivity contribution in [3.8, 4) is 22.4 Å². The number of aryl methyl sites for hydroxylation is 1. The van der Waals surface area contributed by atoms with Gasteiger partial charge in [-0.3, -0.25) is 4.79 Å². The minimum Gasteiger partial charge on any atom is -0.483 e. The second-order valence-corrected chi connectivity index (χ2v) is 8.16. The van der Waals surface area contributed by atoms with Gasteiger partial charge in [0.05, 0.1) is 24.3 Å². The van der Waals surface area contributed by atoms with Crippen LogP contribution in [0.4, 0.5) is 5.69 Å². The average molecular weight is 468 g/mol. The van der Waals surface area contributed by atoms with Crippen molar-refractivity contribution < 1.29 is 9.53 Å². The van der Waals surface area contributed by atoms with Crippen LogP contribution in [0.1, 0.15) is 23.7 Å². The van der Waals surface area contributed by atoms with Gasteiger partial charge in [-0.15, -0.1) is 5.10 Å². The number of benzene rings is 3. The lowest BCUT2D eigenvalue weighted by Gasteiger charge is -2.18. The highest BCUT2D eigenvalue weighted by atomic mass is 32.1. The summed E-state index contributed by atoms with van der Waals surface area (Å²) >= 11 is 5.68. The van der Waals surface area contributed by atoms with Crippen molar-refractivity contribution in [3.05, 3.63) is 102 Å². The van der Waals surface area contributed by atoms with Crippen LogP contribution in [0.25, 0.3) is 22.4 Å². The molecule has 0 unspecified atom stereocenters. The normalized spacial score (nSPS) is 10.5. The van der Waals surface area contributed by atoms with Crippen molar-refractivity contribution in [1.82, 2.24) is 10.2 Å². The Bertz CT molecular complexity index is 1290. The van der Waals surface area contributed by atoms with Gasteiger partial charge in [-0.05, 0) is 43.8 Å². The van der Waals surface area contributed by atoms with Crippen LogP contribution in [0.3, 0.4) is 0 Å². The molecule has 1 heterocycles. The number of hydrogen-bond acceptors (Lipinski definition) is 5. The van der Waals surface area contributed by atoms with E-state index in [4.69, 9.17) is 17.0 Å². The van der Waals surface area contributed by atoms with E-state index in [1.807, 2.05) is 98.8 Å². The van der Waals surface area contributed by atoms with Gasteiger partial charge in [0.15, 0.2) is 5.05 Å². The molecule has 0 aliphatic heterocycles. The number of ether oxygens (including phenoxy) is 1. The Hall–Kier alpha value is -3.90. The summed E-state index contributed by atoms with van der Waals surface area (Å²) in [6.07, 6.45) is 0.0122. The highest BCUT2D eigenvalue weighted by Gasteiger charge is 2.24. The van der Waals surface area contributed by atoms with Gasteiger partial charge in [0.1, 0.15) is 5.69 Å². The number of thiocarbonyl (C=S) groups is 1. The van der Waals surface area contributed by atoms with Crippen LogP contribution in [0.2, 0.25) is 0 Å². The molecule has 0 fully saturated rings. The van der Waals surface area contributed by atoms with Crippen LogP contribution in [0, 0.1) is 6.92 Å². The Morgan fingerprint density at radius 2 is 1.50 bits per heavy atom. The summed E-state index contributed by atoms with van der Waals surface area (Å²) < 4.78 is 5.77. The topological polar surface area (TPSA) is 64.1 Å². The number of carbonyl (C=O) groups excluding carboxylic acids is 1. The van der Waals surface area contributed by atoms with Crippen molar-refractivity contribution in [3.63, 3.8) is 0 Å². The van der Waals surface area contributed by atoms with Crippen molar-refractivity contribution in [2.45, 2.75) is 20.3 Å². The molecule has 0 aliphatic rings. The Morgan fingerprint density at radius 3 is 2.12 bits per heavy atom. The van der Waals surface area contributed by atoms with Gasteiger partial charge < -0.3 is 10.1 Å². The molecule has 6 heteroatoms. The third-order valence-electron chi connectivity index (χ3n) is 5.30. The van der Waals surface area contributed by atoms with Crippen LogP contribution >= 0.6 is 12.2 Å². The van der Waals surface area contributed by atoms with E-state index in [9.17, 15) is 4.79 Å². The van der Waals surface area contributed by atoms with E-state index in [-0.39, 0.29) is 12.3 Å². The van der Waals surface area contributed by atoms with Crippen LogP contribution in [0.5, 0.6) is 0 Å². The third kappa shape index (κ3) is 5.35. The van der Waals surface area contributed by atoms with Gasteiger partial charge in [-0.1, -0.05) is 78.4 Å². The zero-order valence-electron chi connectivity index (χ0n) is 19.1. The van der Waals surface area contributed by atoms with Crippen LogP contribution in [-0.2, 0) is 16.0 Å². The second-order valence-electron chi connectivity index (χ2n) is 7.79. The first-order chi connectivity index (χ1) is 16.6. The standard InChI is InChI=1S/C28H25N3O2S/c1-3-33-28(34)26-23(18-24(32)29-22-16-14-19(2)15-17-22)30-31-27(21-12-8-5-9-13-21)25(26)20-10-6-4-7-11-20/h4-17H,3,18H2,1-2H3,(H,29,32). The molecular formula is C28H25N3O2S. The zero-order chi connectivity index (χ0) is 23.9. The Kier molecular flexibility index (Phi) is 7.40. The number of carbonyl (C=O) groups is 1.